The van der Waals surface area contributed by atoms with Gasteiger partial charge in [-0.2, -0.15) is 0 Å². The van der Waals surface area contributed by atoms with Gasteiger partial charge in [0.25, 0.3) is 0 Å². The zero-order valence-electron chi connectivity index (χ0n) is 13.4. The summed E-state index contributed by atoms with van der Waals surface area (Å²) in [7, 11) is 1.53. The van der Waals surface area contributed by atoms with Gasteiger partial charge in [0.2, 0.25) is 11.1 Å². The first kappa shape index (κ1) is 16.9. The number of aromatic nitrogens is 3. The number of nitrogens with zero attached hydrogens (tertiary/aromatic N) is 3. The highest BCUT2D eigenvalue weighted by atomic mass is 35.5. The van der Waals surface area contributed by atoms with Gasteiger partial charge in [0.05, 0.1) is 18.6 Å². The molecule has 3 N–H and O–H groups in total. The third-order valence-electron chi connectivity index (χ3n) is 3.72. The molecule has 1 heterocycles. The minimum atomic E-state index is -0.184. The number of nitrogens with two attached hydrogens (primary N) is 1. The van der Waals surface area contributed by atoms with Crippen LogP contribution in [0, 0.1) is 6.92 Å². The number of nitrogen functional groups attached to an aromatic ring is 1. The summed E-state index contributed by atoms with van der Waals surface area (Å²) in [5, 5.41) is 12.1. The maximum Gasteiger partial charge on any atom is 0.234 e. The molecule has 0 atom stereocenters. The molecule has 3 rings (SSSR count). The molecule has 24 heavy (non-hydrogen) atoms. The average molecular weight is 368 g/mol. The number of carbonyl (C=O) groups is 1. The van der Waals surface area contributed by atoms with E-state index in [0.29, 0.717) is 27.5 Å². The van der Waals surface area contributed by atoms with E-state index in [1.165, 1.54) is 23.5 Å². The maximum absolute atomic E-state index is 12.2. The van der Waals surface area contributed by atoms with Crippen LogP contribution >= 0.6 is 23.4 Å². The number of benzene rings is 1. The highest BCUT2D eigenvalue weighted by molar-refractivity contribution is 7.99. The summed E-state index contributed by atoms with van der Waals surface area (Å²) in [5.74, 6) is 7.67. The second kappa shape index (κ2) is 6.90. The molecule has 1 aromatic carbocycles. The van der Waals surface area contributed by atoms with E-state index in [1.807, 2.05) is 6.92 Å². The molecule has 0 radical (unpaired) electrons. The van der Waals surface area contributed by atoms with Crippen molar-refractivity contribution in [2.45, 2.75) is 30.8 Å². The van der Waals surface area contributed by atoms with Crippen LogP contribution in [0.25, 0.3) is 0 Å². The molecule has 7 nitrogen and oxygen atoms in total. The predicted octanol–water partition coefficient (Wildman–Crippen LogP) is 2.57. The highest BCUT2D eigenvalue weighted by Gasteiger charge is 2.30. The number of hydrogen-bond donors (Lipinski definition) is 2. The predicted molar refractivity (Wildman–Crippen MR) is 94.2 cm³/mol. The first-order valence-corrected chi connectivity index (χ1v) is 8.83. The summed E-state index contributed by atoms with van der Waals surface area (Å²) >= 11 is 7.31. The van der Waals surface area contributed by atoms with Gasteiger partial charge in [-0.1, -0.05) is 23.4 Å². The Morgan fingerprint density at radius 2 is 2.25 bits per heavy atom. The van der Waals surface area contributed by atoms with Crippen molar-refractivity contribution in [2.24, 2.45) is 0 Å². The summed E-state index contributed by atoms with van der Waals surface area (Å²) in [6, 6.07) is 3.46. The van der Waals surface area contributed by atoms with Crippen molar-refractivity contribution in [1.29, 1.82) is 0 Å². The Morgan fingerprint density at radius 1 is 1.50 bits per heavy atom. The second-order valence-corrected chi connectivity index (χ2v) is 6.97. The Bertz CT molecular complexity index is 775. The Kier molecular flexibility index (Phi) is 4.86. The summed E-state index contributed by atoms with van der Waals surface area (Å²) < 4.78 is 6.72. The Labute approximate surface area is 148 Å². The molecular weight excluding hydrogens is 350 g/mol. The molecule has 128 valence electrons. The number of ether oxygens (including phenoxy) is 1. The molecule has 0 spiro atoms. The van der Waals surface area contributed by atoms with Crippen LogP contribution in [-0.4, -0.2) is 33.6 Å². The number of carbonyl (C=O) groups excluding carboxylic acids is 1. The lowest BCUT2D eigenvalue weighted by Crippen LogP contribution is -2.17. The number of anilines is 1. The molecule has 0 saturated heterocycles. The number of halogens is 1. The van der Waals surface area contributed by atoms with Gasteiger partial charge in [-0.15, -0.1) is 10.2 Å². The Morgan fingerprint density at radius 3 is 2.92 bits per heavy atom. The van der Waals surface area contributed by atoms with Crippen LogP contribution in [-0.2, 0) is 4.79 Å². The van der Waals surface area contributed by atoms with E-state index >= 15 is 0 Å². The Hall–Kier alpha value is -1.93. The van der Waals surface area contributed by atoms with Gasteiger partial charge in [-0.05, 0) is 31.4 Å². The summed E-state index contributed by atoms with van der Waals surface area (Å²) in [5.41, 5.74) is 1.44. The molecule has 9 heteroatoms. The van der Waals surface area contributed by atoms with Gasteiger partial charge in [-0.25, -0.2) is 4.68 Å². The highest BCUT2D eigenvalue weighted by Crippen LogP contribution is 2.39. The van der Waals surface area contributed by atoms with E-state index in [2.05, 4.69) is 15.5 Å². The molecule has 1 aliphatic rings. The van der Waals surface area contributed by atoms with Crippen LogP contribution in [0.1, 0.15) is 30.1 Å². The van der Waals surface area contributed by atoms with Crippen molar-refractivity contribution in [3.63, 3.8) is 0 Å². The minimum absolute atomic E-state index is 0.171. The summed E-state index contributed by atoms with van der Waals surface area (Å²) in [6.45, 7) is 1.86. The SMILES string of the molecule is COc1cc(Cl)c(C)cc1NC(=O)CSc1nnc(C2CC2)n1N. The topological polar surface area (TPSA) is 95.1 Å². The fraction of sp³-hybridized carbons (Fsp3) is 0.400. The molecule has 0 bridgehead atoms. The molecule has 1 aromatic heterocycles. The lowest BCUT2D eigenvalue weighted by atomic mass is 10.2. The molecule has 1 fully saturated rings. The number of aryl methyl sites for hydroxylation is 1. The molecule has 1 saturated carbocycles. The zero-order chi connectivity index (χ0) is 17.3. The van der Waals surface area contributed by atoms with Crippen LogP contribution < -0.4 is 15.9 Å². The van der Waals surface area contributed by atoms with Crippen molar-refractivity contribution in [3.8, 4) is 5.75 Å². The third kappa shape index (κ3) is 3.59. The summed E-state index contributed by atoms with van der Waals surface area (Å²) in [6.07, 6.45) is 2.19. The molecular formula is C15H18ClN5O2S. The largest absolute Gasteiger partial charge is 0.495 e. The molecule has 0 aliphatic heterocycles. The van der Waals surface area contributed by atoms with Crippen molar-refractivity contribution in [1.82, 2.24) is 14.9 Å². The monoisotopic (exact) mass is 367 g/mol. The smallest absolute Gasteiger partial charge is 0.234 e. The number of rotatable bonds is 6. The van der Waals surface area contributed by atoms with Crippen molar-refractivity contribution in [2.75, 3.05) is 24.0 Å². The van der Waals surface area contributed by atoms with E-state index in [9.17, 15) is 4.79 Å². The van der Waals surface area contributed by atoms with E-state index in [4.69, 9.17) is 22.2 Å². The van der Waals surface area contributed by atoms with Crippen molar-refractivity contribution < 1.29 is 9.53 Å². The van der Waals surface area contributed by atoms with Crippen LogP contribution in [0.5, 0.6) is 5.75 Å². The van der Waals surface area contributed by atoms with E-state index in [-0.39, 0.29) is 11.7 Å². The normalized spacial score (nSPS) is 13.8. The number of methoxy groups -OCH3 is 1. The number of thioether (sulfide) groups is 1. The lowest BCUT2D eigenvalue weighted by Gasteiger charge is -2.12. The molecule has 1 amide bonds. The quantitative estimate of drug-likeness (QED) is 0.601. The Balaban J connectivity index is 1.63. The van der Waals surface area contributed by atoms with Gasteiger partial charge in [0.1, 0.15) is 5.75 Å². The molecule has 2 aromatic rings. The van der Waals surface area contributed by atoms with Gasteiger partial charge in [0.15, 0.2) is 5.82 Å². The van der Waals surface area contributed by atoms with E-state index < -0.39 is 0 Å². The number of hydrogen-bond acceptors (Lipinski definition) is 6. The zero-order valence-corrected chi connectivity index (χ0v) is 14.9. The first-order valence-electron chi connectivity index (χ1n) is 7.46. The molecule has 0 unspecified atom stereocenters. The average Bonchev–Trinajstić information content (AvgIpc) is 3.32. The van der Waals surface area contributed by atoms with Gasteiger partial charge in [0, 0.05) is 17.0 Å². The second-order valence-electron chi connectivity index (χ2n) is 5.62. The first-order chi connectivity index (χ1) is 11.5. The number of amides is 1. The lowest BCUT2D eigenvalue weighted by molar-refractivity contribution is -0.113. The fourth-order valence-corrected chi connectivity index (χ4v) is 3.07. The van der Waals surface area contributed by atoms with E-state index in [1.54, 1.807) is 12.1 Å². The standard InChI is InChI=1S/C15H18ClN5O2S/c1-8-5-11(12(23-2)6-10(8)16)18-13(22)7-24-15-20-19-14(21(15)17)9-3-4-9/h5-6,9H,3-4,7,17H2,1-2H3,(H,18,22). The maximum atomic E-state index is 12.2. The van der Waals surface area contributed by atoms with Gasteiger partial charge >= 0.3 is 0 Å². The van der Waals surface area contributed by atoms with Crippen LogP contribution in [0.2, 0.25) is 5.02 Å². The summed E-state index contributed by atoms with van der Waals surface area (Å²) in [4.78, 5) is 12.2. The minimum Gasteiger partial charge on any atom is -0.495 e. The van der Waals surface area contributed by atoms with Gasteiger partial charge < -0.3 is 15.9 Å². The van der Waals surface area contributed by atoms with Crippen LogP contribution in [0.4, 0.5) is 5.69 Å². The van der Waals surface area contributed by atoms with Crippen molar-refractivity contribution >= 4 is 35.0 Å². The van der Waals surface area contributed by atoms with E-state index in [0.717, 1.165) is 24.2 Å². The van der Waals surface area contributed by atoms with Gasteiger partial charge in [-0.3, -0.25) is 4.79 Å². The molecule has 1 aliphatic carbocycles. The van der Waals surface area contributed by atoms with Crippen molar-refractivity contribution in [3.05, 3.63) is 28.5 Å². The van der Waals surface area contributed by atoms with Crippen LogP contribution in [0.15, 0.2) is 17.3 Å². The third-order valence-corrected chi connectivity index (χ3v) is 5.07. The fourth-order valence-electron chi connectivity index (χ4n) is 2.25. The number of nitrogens with one attached hydrogen (secondary N) is 1. The van der Waals surface area contributed by atoms with Crippen LogP contribution in [0.3, 0.4) is 0 Å².